The molecule has 1 unspecified atom stereocenters. The maximum Gasteiger partial charge on any atom is 0.341 e. The van der Waals surface area contributed by atoms with Gasteiger partial charge in [0.25, 0.3) is 0 Å². The smallest absolute Gasteiger partial charge is 0.341 e. The fraction of sp³-hybridized carbons (Fsp3) is 0.381. The highest BCUT2D eigenvalue weighted by Crippen LogP contribution is 2.35. The minimum Gasteiger partial charge on any atom is -0.462 e. The Labute approximate surface area is 168 Å². The predicted molar refractivity (Wildman–Crippen MR) is 107 cm³/mol. The molecule has 0 bridgehead atoms. The number of pyridine rings is 1. The predicted octanol–water partition coefficient (Wildman–Crippen LogP) is 3.17. The number of fused-ring (bicyclic) bond motifs is 1. The van der Waals surface area contributed by atoms with E-state index in [1.54, 1.807) is 29.8 Å². The van der Waals surface area contributed by atoms with E-state index in [2.05, 4.69) is 10.1 Å². The van der Waals surface area contributed by atoms with E-state index in [1.807, 2.05) is 18.9 Å². The molecule has 7 nitrogen and oxygen atoms in total. The van der Waals surface area contributed by atoms with Gasteiger partial charge in [0.2, 0.25) is 0 Å². The lowest BCUT2D eigenvalue weighted by atomic mass is 10.0. The number of esters is 1. The second-order valence-corrected chi connectivity index (χ2v) is 6.98. The second-order valence-electron chi connectivity index (χ2n) is 6.98. The number of carbonyl (C=O) groups is 1. The molecule has 29 heavy (non-hydrogen) atoms. The SMILES string of the molecule is CCOC(=O)c1cnc2c(c(C)nn2C)c1N1CCOC(c2ccccc2F)C1. The summed E-state index contributed by atoms with van der Waals surface area (Å²) in [5.41, 5.74) is 3.04. The largest absolute Gasteiger partial charge is 0.462 e. The molecule has 1 aliphatic heterocycles. The standard InChI is InChI=1S/C21H23FN4O3/c1-4-28-21(27)15-11-23-20-18(13(2)24-25(20)3)19(15)26-9-10-29-17(12-26)14-7-5-6-8-16(14)22/h5-8,11,17H,4,9-10,12H2,1-3H3. The molecule has 152 valence electrons. The van der Waals surface area contributed by atoms with E-state index in [4.69, 9.17) is 9.47 Å². The first-order valence-electron chi connectivity index (χ1n) is 9.61. The molecule has 0 aliphatic carbocycles. The lowest BCUT2D eigenvalue weighted by Crippen LogP contribution is -2.39. The van der Waals surface area contributed by atoms with Crippen molar-refractivity contribution in [2.45, 2.75) is 20.0 Å². The Bertz CT molecular complexity index is 1070. The maximum absolute atomic E-state index is 14.3. The molecule has 1 aliphatic rings. The average molecular weight is 398 g/mol. The Morgan fingerprint density at radius 3 is 2.93 bits per heavy atom. The molecule has 8 heteroatoms. The lowest BCUT2D eigenvalue weighted by Gasteiger charge is -2.36. The van der Waals surface area contributed by atoms with E-state index in [1.165, 1.54) is 12.3 Å². The number of hydrogen-bond acceptors (Lipinski definition) is 6. The number of anilines is 1. The minimum absolute atomic E-state index is 0.267. The molecular weight excluding hydrogens is 375 g/mol. The van der Waals surface area contributed by atoms with Gasteiger partial charge in [0.15, 0.2) is 5.65 Å². The van der Waals surface area contributed by atoms with Crippen LogP contribution < -0.4 is 4.90 Å². The second kappa shape index (κ2) is 7.79. The number of aryl methyl sites for hydroxylation is 2. The molecule has 0 radical (unpaired) electrons. The van der Waals surface area contributed by atoms with E-state index in [0.29, 0.717) is 42.2 Å². The highest BCUT2D eigenvalue weighted by Gasteiger charge is 2.30. The third-order valence-electron chi connectivity index (χ3n) is 5.13. The fourth-order valence-electron chi connectivity index (χ4n) is 3.86. The van der Waals surface area contributed by atoms with Crippen LogP contribution in [0.2, 0.25) is 0 Å². The Morgan fingerprint density at radius 2 is 2.17 bits per heavy atom. The zero-order valence-corrected chi connectivity index (χ0v) is 16.7. The summed E-state index contributed by atoms with van der Waals surface area (Å²) in [5.74, 6) is -0.739. The summed E-state index contributed by atoms with van der Waals surface area (Å²) in [6.07, 6.45) is 1.09. The summed E-state index contributed by atoms with van der Waals surface area (Å²) in [5, 5.41) is 5.27. The van der Waals surface area contributed by atoms with Gasteiger partial charge in [0.05, 0.1) is 30.0 Å². The highest BCUT2D eigenvalue weighted by atomic mass is 19.1. The summed E-state index contributed by atoms with van der Waals surface area (Å²) >= 11 is 0. The molecule has 3 aromatic rings. The first-order valence-corrected chi connectivity index (χ1v) is 9.61. The van der Waals surface area contributed by atoms with Gasteiger partial charge >= 0.3 is 5.97 Å². The molecule has 0 saturated carbocycles. The van der Waals surface area contributed by atoms with Crippen molar-refractivity contribution in [2.75, 3.05) is 31.2 Å². The van der Waals surface area contributed by atoms with Gasteiger partial charge in [-0.25, -0.2) is 14.2 Å². The van der Waals surface area contributed by atoms with Crippen LogP contribution in [0.25, 0.3) is 11.0 Å². The zero-order chi connectivity index (χ0) is 20.5. The van der Waals surface area contributed by atoms with Gasteiger partial charge in [-0.15, -0.1) is 0 Å². The van der Waals surface area contributed by atoms with Crippen LogP contribution in [0.1, 0.15) is 34.6 Å². The highest BCUT2D eigenvalue weighted by molar-refractivity contribution is 6.05. The Kier molecular flexibility index (Phi) is 5.19. The number of aromatic nitrogens is 3. The van der Waals surface area contributed by atoms with Crippen molar-refractivity contribution < 1.29 is 18.7 Å². The summed E-state index contributed by atoms with van der Waals surface area (Å²) in [7, 11) is 1.82. The molecule has 1 saturated heterocycles. The van der Waals surface area contributed by atoms with Crippen molar-refractivity contribution in [3.05, 3.63) is 53.1 Å². The summed E-state index contributed by atoms with van der Waals surface area (Å²) in [6, 6.07) is 6.61. The Balaban J connectivity index is 1.82. The van der Waals surface area contributed by atoms with E-state index >= 15 is 0 Å². The van der Waals surface area contributed by atoms with E-state index < -0.39 is 12.1 Å². The van der Waals surface area contributed by atoms with Crippen molar-refractivity contribution in [1.29, 1.82) is 0 Å². The summed E-state index contributed by atoms with van der Waals surface area (Å²) in [6.45, 7) is 5.29. The third kappa shape index (κ3) is 3.44. The molecule has 1 fully saturated rings. The van der Waals surface area contributed by atoms with E-state index in [-0.39, 0.29) is 12.4 Å². The van der Waals surface area contributed by atoms with E-state index in [9.17, 15) is 9.18 Å². The normalized spacial score (nSPS) is 17.0. The minimum atomic E-state index is -0.444. The van der Waals surface area contributed by atoms with Gasteiger partial charge < -0.3 is 14.4 Å². The third-order valence-corrected chi connectivity index (χ3v) is 5.13. The summed E-state index contributed by atoms with van der Waals surface area (Å²) in [4.78, 5) is 19.1. The van der Waals surface area contributed by atoms with Gasteiger partial charge in [-0.3, -0.25) is 4.68 Å². The number of halogens is 1. The molecule has 2 aromatic heterocycles. The van der Waals surface area contributed by atoms with Gasteiger partial charge in [0.1, 0.15) is 17.5 Å². The van der Waals surface area contributed by atoms with Crippen LogP contribution in [0, 0.1) is 12.7 Å². The Morgan fingerprint density at radius 1 is 1.38 bits per heavy atom. The first kappa shape index (κ1) is 19.3. The molecule has 0 N–H and O–H groups in total. The number of rotatable bonds is 4. The van der Waals surface area contributed by atoms with Gasteiger partial charge in [-0.2, -0.15) is 5.10 Å². The number of hydrogen-bond donors (Lipinski definition) is 0. The molecule has 0 amide bonds. The van der Waals surface area contributed by atoms with Crippen LogP contribution in [-0.4, -0.2) is 47.0 Å². The van der Waals surface area contributed by atoms with Crippen molar-refractivity contribution in [3.63, 3.8) is 0 Å². The molecule has 3 heterocycles. The molecule has 4 rings (SSSR count). The fourth-order valence-corrected chi connectivity index (χ4v) is 3.86. The van der Waals surface area contributed by atoms with Gasteiger partial charge in [-0.05, 0) is 19.9 Å². The molecular formula is C21H23FN4O3. The number of morpholine rings is 1. The first-order chi connectivity index (χ1) is 14.0. The number of benzene rings is 1. The topological polar surface area (TPSA) is 69.5 Å². The quantitative estimate of drug-likeness (QED) is 0.629. The van der Waals surface area contributed by atoms with Gasteiger partial charge in [-0.1, -0.05) is 18.2 Å². The monoisotopic (exact) mass is 398 g/mol. The molecule has 1 atom stereocenters. The van der Waals surface area contributed by atoms with Crippen molar-refractivity contribution in [1.82, 2.24) is 14.8 Å². The maximum atomic E-state index is 14.3. The molecule has 0 spiro atoms. The van der Waals surface area contributed by atoms with Crippen LogP contribution in [0.4, 0.5) is 10.1 Å². The van der Waals surface area contributed by atoms with Crippen LogP contribution in [0.5, 0.6) is 0 Å². The van der Waals surface area contributed by atoms with Gasteiger partial charge in [0, 0.05) is 31.9 Å². The zero-order valence-electron chi connectivity index (χ0n) is 16.7. The number of nitrogens with zero attached hydrogens (tertiary/aromatic N) is 4. The number of carbonyl (C=O) groups excluding carboxylic acids is 1. The average Bonchev–Trinajstić information content (AvgIpc) is 3.02. The van der Waals surface area contributed by atoms with Crippen molar-refractivity contribution in [3.8, 4) is 0 Å². The van der Waals surface area contributed by atoms with Crippen molar-refractivity contribution >= 4 is 22.7 Å². The Hall–Kier alpha value is -3.00. The van der Waals surface area contributed by atoms with Crippen LogP contribution >= 0.6 is 0 Å². The lowest BCUT2D eigenvalue weighted by molar-refractivity contribution is 0.0371. The van der Waals surface area contributed by atoms with Crippen LogP contribution in [0.15, 0.2) is 30.5 Å². The van der Waals surface area contributed by atoms with Crippen LogP contribution in [-0.2, 0) is 16.5 Å². The van der Waals surface area contributed by atoms with E-state index in [0.717, 1.165) is 11.1 Å². The number of ether oxygens (including phenoxy) is 2. The molecule has 1 aromatic carbocycles. The van der Waals surface area contributed by atoms with Crippen molar-refractivity contribution in [2.24, 2.45) is 7.05 Å². The van der Waals surface area contributed by atoms with Crippen LogP contribution in [0.3, 0.4) is 0 Å². The summed E-state index contributed by atoms with van der Waals surface area (Å²) < 4.78 is 27.1.